The number of rotatable bonds is 4. The van der Waals surface area contributed by atoms with E-state index < -0.39 is 0 Å². The molecule has 0 unspecified atom stereocenters. The molecule has 260 valence electrons. The first-order valence-corrected chi connectivity index (χ1v) is 18.8. The molecule has 0 fully saturated rings. The lowest BCUT2D eigenvalue weighted by atomic mass is 9.94. The normalized spacial score (nSPS) is 11.9. The Kier molecular flexibility index (Phi) is 6.56. The van der Waals surface area contributed by atoms with E-state index in [9.17, 15) is 0 Å². The van der Waals surface area contributed by atoms with Crippen molar-refractivity contribution >= 4 is 76.2 Å². The molecular weight excluding hydrogens is 687 g/mol. The first-order chi connectivity index (χ1) is 27.7. The lowest BCUT2D eigenvalue weighted by Gasteiger charge is -2.11. The van der Waals surface area contributed by atoms with Crippen LogP contribution in [-0.2, 0) is 0 Å². The van der Waals surface area contributed by atoms with Crippen LogP contribution in [-0.4, -0.2) is 15.0 Å². The largest absolute Gasteiger partial charge is 0.456 e. The summed E-state index contributed by atoms with van der Waals surface area (Å²) in [5.74, 6) is 1.81. The van der Waals surface area contributed by atoms with Gasteiger partial charge in [0, 0.05) is 43.6 Å². The Morgan fingerprint density at radius 2 is 0.964 bits per heavy atom. The lowest BCUT2D eigenvalue weighted by molar-refractivity contribution is 0.669. The standard InChI is InChI=1S/C51H29N3O2/c1-2-12-31(13-3-1)49-52-50(36-22-21-30-11-4-5-14-32(30)25-36)54-51(53-49)40-19-10-20-44-47(40)43-29-41(37-17-8-9-18-39(37)48(43)56-44)35-23-24-38-42-26-33-15-6-7-16-34(33)27-46(42)55-45(38)28-35/h1-29H. The number of hydrogen-bond donors (Lipinski definition) is 0. The minimum absolute atomic E-state index is 0.584. The van der Waals surface area contributed by atoms with Gasteiger partial charge in [-0.15, -0.1) is 0 Å². The number of nitrogens with zero attached hydrogens (tertiary/aromatic N) is 3. The Labute approximate surface area is 320 Å². The molecule has 56 heavy (non-hydrogen) atoms. The minimum Gasteiger partial charge on any atom is -0.456 e. The molecule has 0 saturated carbocycles. The number of furan rings is 2. The van der Waals surface area contributed by atoms with Crippen LogP contribution >= 0.6 is 0 Å². The fraction of sp³-hybridized carbons (Fsp3) is 0. The van der Waals surface area contributed by atoms with Crippen molar-refractivity contribution in [3.63, 3.8) is 0 Å². The molecule has 9 aromatic carbocycles. The van der Waals surface area contributed by atoms with Crippen molar-refractivity contribution in [1.82, 2.24) is 15.0 Å². The zero-order chi connectivity index (χ0) is 36.7. The average molecular weight is 716 g/mol. The van der Waals surface area contributed by atoms with E-state index in [1.807, 2.05) is 42.5 Å². The molecule has 0 atom stereocenters. The summed E-state index contributed by atoms with van der Waals surface area (Å²) in [6.45, 7) is 0. The fourth-order valence-electron chi connectivity index (χ4n) is 8.37. The molecule has 5 nitrogen and oxygen atoms in total. The van der Waals surface area contributed by atoms with Crippen LogP contribution in [0.2, 0.25) is 0 Å². The van der Waals surface area contributed by atoms with Crippen molar-refractivity contribution in [1.29, 1.82) is 0 Å². The molecule has 3 heterocycles. The second kappa shape index (κ2) is 11.9. The third-order valence-corrected chi connectivity index (χ3v) is 11.1. The topological polar surface area (TPSA) is 65.0 Å². The van der Waals surface area contributed by atoms with Crippen LogP contribution in [0.4, 0.5) is 0 Å². The van der Waals surface area contributed by atoms with E-state index >= 15 is 0 Å². The number of fused-ring (bicyclic) bond motifs is 10. The van der Waals surface area contributed by atoms with Gasteiger partial charge in [0.2, 0.25) is 0 Å². The SMILES string of the molecule is c1ccc(-c2nc(-c3ccc4ccccc4c3)nc(-c3cccc4oc5c6ccccc6c(-c6ccc7c(c6)oc6cc8ccccc8cc67)cc5c34)n2)cc1. The molecule has 0 amide bonds. The van der Waals surface area contributed by atoms with Gasteiger partial charge in [-0.05, 0) is 80.5 Å². The van der Waals surface area contributed by atoms with Crippen molar-refractivity contribution < 1.29 is 8.83 Å². The molecule has 12 rings (SSSR count). The van der Waals surface area contributed by atoms with E-state index in [0.29, 0.717) is 17.5 Å². The van der Waals surface area contributed by atoms with E-state index in [1.165, 1.54) is 10.8 Å². The smallest absolute Gasteiger partial charge is 0.164 e. The van der Waals surface area contributed by atoms with Gasteiger partial charge in [0.1, 0.15) is 22.3 Å². The molecule has 0 radical (unpaired) electrons. The third-order valence-electron chi connectivity index (χ3n) is 11.1. The van der Waals surface area contributed by atoms with Gasteiger partial charge in [-0.1, -0.05) is 133 Å². The molecule has 0 bridgehead atoms. The van der Waals surface area contributed by atoms with Crippen molar-refractivity contribution in [2.45, 2.75) is 0 Å². The summed E-state index contributed by atoms with van der Waals surface area (Å²) >= 11 is 0. The van der Waals surface area contributed by atoms with Crippen molar-refractivity contribution in [2.24, 2.45) is 0 Å². The second-order valence-corrected chi connectivity index (χ2v) is 14.4. The molecule has 5 heteroatoms. The van der Waals surface area contributed by atoms with Crippen molar-refractivity contribution in [3.8, 4) is 45.3 Å². The van der Waals surface area contributed by atoms with Crippen molar-refractivity contribution in [3.05, 3.63) is 176 Å². The highest BCUT2D eigenvalue weighted by molar-refractivity contribution is 6.22. The highest BCUT2D eigenvalue weighted by Gasteiger charge is 2.21. The summed E-state index contributed by atoms with van der Waals surface area (Å²) < 4.78 is 13.3. The van der Waals surface area contributed by atoms with Gasteiger partial charge in [-0.25, -0.2) is 15.0 Å². The van der Waals surface area contributed by atoms with Gasteiger partial charge in [0.15, 0.2) is 17.5 Å². The summed E-state index contributed by atoms with van der Waals surface area (Å²) in [4.78, 5) is 15.4. The summed E-state index contributed by atoms with van der Waals surface area (Å²) in [6.07, 6.45) is 0. The molecule has 12 aromatic rings. The van der Waals surface area contributed by atoms with Gasteiger partial charge >= 0.3 is 0 Å². The molecular formula is C51H29N3O2. The summed E-state index contributed by atoms with van der Waals surface area (Å²) in [5.41, 5.74) is 8.23. The minimum atomic E-state index is 0.584. The van der Waals surface area contributed by atoms with Crippen LogP contribution in [0.3, 0.4) is 0 Å². The van der Waals surface area contributed by atoms with E-state index in [2.05, 4.69) is 133 Å². The van der Waals surface area contributed by atoms with Crippen molar-refractivity contribution in [2.75, 3.05) is 0 Å². The van der Waals surface area contributed by atoms with Gasteiger partial charge < -0.3 is 8.83 Å². The maximum atomic E-state index is 6.75. The highest BCUT2D eigenvalue weighted by atomic mass is 16.3. The number of benzene rings is 9. The fourth-order valence-corrected chi connectivity index (χ4v) is 8.37. The van der Waals surface area contributed by atoms with Gasteiger partial charge in [-0.2, -0.15) is 0 Å². The van der Waals surface area contributed by atoms with E-state index in [0.717, 1.165) is 93.2 Å². The maximum absolute atomic E-state index is 6.75. The van der Waals surface area contributed by atoms with Crippen LogP contribution in [0.1, 0.15) is 0 Å². The highest BCUT2D eigenvalue weighted by Crippen LogP contribution is 2.44. The Morgan fingerprint density at radius 1 is 0.304 bits per heavy atom. The van der Waals surface area contributed by atoms with Crippen LogP contribution in [0, 0.1) is 0 Å². The van der Waals surface area contributed by atoms with E-state index in [1.54, 1.807) is 0 Å². The maximum Gasteiger partial charge on any atom is 0.164 e. The Bertz CT molecular complexity index is 3550. The van der Waals surface area contributed by atoms with Crippen LogP contribution < -0.4 is 0 Å². The molecule has 0 saturated heterocycles. The number of aromatic nitrogens is 3. The molecule has 0 N–H and O–H groups in total. The Hall–Kier alpha value is -7.63. The predicted molar refractivity (Wildman–Crippen MR) is 229 cm³/mol. The molecule has 0 aliphatic heterocycles. The third kappa shape index (κ3) is 4.78. The Balaban J connectivity index is 1.09. The van der Waals surface area contributed by atoms with E-state index in [-0.39, 0.29) is 0 Å². The first-order valence-electron chi connectivity index (χ1n) is 18.8. The monoisotopic (exact) mass is 715 g/mol. The van der Waals surface area contributed by atoms with Crippen LogP contribution in [0.5, 0.6) is 0 Å². The van der Waals surface area contributed by atoms with Crippen LogP contribution in [0.15, 0.2) is 185 Å². The van der Waals surface area contributed by atoms with Crippen LogP contribution in [0.25, 0.3) is 121 Å². The zero-order valence-electron chi connectivity index (χ0n) is 29.9. The van der Waals surface area contributed by atoms with E-state index in [4.69, 9.17) is 23.8 Å². The predicted octanol–water partition coefficient (Wildman–Crippen LogP) is 13.8. The quantitative estimate of drug-likeness (QED) is 0.181. The van der Waals surface area contributed by atoms with Gasteiger partial charge in [0.05, 0.1) is 0 Å². The zero-order valence-corrected chi connectivity index (χ0v) is 29.9. The summed E-state index contributed by atoms with van der Waals surface area (Å²) in [7, 11) is 0. The van der Waals surface area contributed by atoms with Gasteiger partial charge in [-0.3, -0.25) is 0 Å². The summed E-state index contributed by atoms with van der Waals surface area (Å²) in [5, 5.41) is 11.0. The number of hydrogen-bond acceptors (Lipinski definition) is 5. The molecule has 0 aliphatic rings. The first kappa shape index (κ1) is 30.8. The Morgan fingerprint density at radius 3 is 1.80 bits per heavy atom. The van der Waals surface area contributed by atoms with Gasteiger partial charge in [0.25, 0.3) is 0 Å². The summed E-state index contributed by atoms with van der Waals surface area (Å²) in [6, 6.07) is 61.0. The molecule has 3 aromatic heterocycles. The lowest BCUT2D eigenvalue weighted by Crippen LogP contribution is -2.00. The molecule has 0 aliphatic carbocycles. The molecule has 0 spiro atoms. The second-order valence-electron chi connectivity index (χ2n) is 14.4. The average Bonchev–Trinajstić information content (AvgIpc) is 3.83.